The normalized spacial score (nSPS) is 10.7. The van der Waals surface area contributed by atoms with Gasteiger partial charge in [0, 0.05) is 12.0 Å². The lowest BCUT2D eigenvalue weighted by Gasteiger charge is -2.08. The van der Waals surface area contributed by atoms with Gasteiger partial charge in [-0.25, -0.2) is 0 Å². The van der Waals surface area contributed by atoms with Crippen LogP contribution in [0.3, 0.4) is 0 Å². The van der Waals surface area contributed by atoms with E-state index in [0.717, 1.165) is 24.8 Å². The van der Waals surface area contributed by atoms with Gasteiger partial charge < -0.3 is 0 Å². The van der Waals surface area contributed by atoms with Gasteiger partial charge in [-0.1, -0.05) is 76.6 Å². The summed E-state index contributed by atoms with van der Waals surface area (Å²) in [7, 11) is 0. The quantitative estimate of drug-likeness (QED) is 0.359. The molecule has 0 aromatic heterocycles. The molecule has 20 heavy (non-hydrogen) atoms. The maximum Gasteiger partial charge on any atom is 0.163 e. The summed E-state index contributed by atoms with van der Waals surface area (Å²) >= 11 is 0. The SMILES string of the molecule is CCCCCCCCc1ccccc1C(=O)CCCC. The zero-order valence-electron chi connectivity index (χ0n) is 13.3. The smallest absolute Gasteiger partial charge is 0.163 e. The largest absolute Gasteiger partial charge is 0.294 e. The van der Waals surface area contributed by atoms with Crippen molar-refractivity contribution in [1.29, 1.82) is 0 Å². The van der Waals surface area contributed by atoms with Crippen molar-refractivity contribution >= 4 is 5.78 Å². The molecule has 1 nitrogen and oxygen atoms in total. The van der Waals surface area contributed by atoms with E-state index in [9.17, 15) is 4.79 Å². The van der Waals surface area contributed by atoms with Crippen LogP contribution in [0, 0.1) is 0 Å². The lowest BCUT2D eigenvalue weighted by molar-refractivity contribution is 0.0979. The van der Waals surface area contributed by atoms with Crippen molar-refractivity contribution in [2.45, 2.75) is 78.1 Å². The van der Waals surface area contributed by atoms with Crippen LogP contribution in [0.1, 0.15) is 87.6 Å². The molecule has 0 atom stereocenters. The second-order valence-corrected chi connectivity index (χ2v) is 5.70. The molecule has 0 unspecified atom stereocenters. The van der Waals surface area contributed by atoms with E-state index in [4.69, 9.17) is 0 Å². The number of ketones is 1. The molecule has 0 N–H and O–H groups in total. The number of aryl methyl sites for hydroxylation is 1. The van der Waals surface area contributed by atoms with E-state index in [2.05, 4.69) is 26.0 Å². The second-order valence-electron chi connectivity index (χ2n) is 5.70. The summed E-state index contributed by atoms with van der Waals surface area (Å²) in [4.78, 5) is 12.2. The number of carbonyl (C=O) groups excluding carboxylic acids is 1. The van der Waals surface area contributed by atoms with Crippen LogP contribution < -0.4 is 0 Å². The predicted octanol–water partition coefficient (Wildman–Crippen LogP) is 5.96. The number of Topliss-reactive ketones (excluding diaryl/α,β-unsaturated/α-hetero) is 1. The van der Waals surface area contributed by atoms with Gasteiger partial charge in [0.05, 0.1) is 0 Å². The number of unbranched alkanes of at least 4 members (excludes halogenated alkanes) is 6. The van der Waals surface area contributed by atoms with Crippen LogP contribution in [-0.4, -0.2) is 5.78 Å². The Kier molecular flexibility index (Phi) is 9.02. The minimum Gasteiger partial charge on any atom is -0.294 e. The molecule has 0 spiro atoms. The zero-order valence-corrected chi connectivity index (χ0v) is 13.3. The van der Waals surface area contributed by atoms with Gasteiger partial charge >= 0.3 is 0 Å². The summed E-state index contributed by atoms with van der Waals surface area (Å²) in [6, 6.07) is 8.18. The van der Waals surface area contributed by atoms with Crippen molar-refractivity contribution in [1.82, 2.24) is 0 Å². The van der Waals surface area contributed by atoms with Gasteiger partial charge in [-0.05, 0) is 24.8 Å². The third-order valence-electron chi connectivity index (χ3n) is 3.87. The average Bonchev–Trinajstić information content (AvgIpc) is 2.48. The average molecular weight is 274 g/mol. The van der Waals surface area contributed by atoms with Crippen molar-refractivity contribution in [3.05, 3.63) is 35.4 Å². The first kappa shape index (κ1) is 16.9. The number of benzene rings is 1. The van der Waals surface area contributed by atoms with Gasteiger partial charge in [-0.2, -0.15) is 0 Å². The minimum atomic E-state index is 0.327. The van der Waals surface area contributed by atoms with Gasteiger partial charge in [0.1, 0.15) is 0 Å². The van der Waals surface area contributed by atoms with E-state index in [-0.39, 0.29) is 0 Å². The molecule has 0 aliphatic heterocycles. The first-order valence-corrected chi connectivity index (χ1v) is 8.40. The fourth-order valence-electron chi connectivity index (χ4n) is 2.58. The fraction of sp³-hybridized carbons (Fsp3) is 0.632. The molecule has 0 radical (unpaired) electrons. The summed E-state index contributed by atoms with van der Waals surface area (Å²) in [6.45, 7) is 4.38. The first-order chi connectivity index (χ1) is 9.79. The minimum absolute atomic E-state index is 0.327. The molecule has 0 saturated carbocycles. The lowest BCUT2D eigenvalue weighted by Crippen LogP contribution is -2.03. The van der Waals surface area contributed by atoms with Crippen LogP contribution in [0.2, 0.25) is 0 Å². The summed E-state index contributed by atoms with van der Waals surface area (Å²) in [5.74, 6) is 0.327. The Hall–Kier alpha value is -1.11. The van der Waals surface area contributed by atoms with Crippen LogP contribution in [0.4, 0.5) is 0 Å². The van der Waals surface area contributed by atoms with Crippen LogP contribution in [0.15, 0.2) is 24.3 Å². The molecule has 1 rings (SSSR count). The van der Waals surface area contributed by atoms with Crippen LogP contribution >= 0.6 is 0 Å². The number of rotatable bonds is 11. The fourth-order valence-corrected chi connectivity index (χ4v) is 2.58. The highest BCUT2D eigenvalue weighted by Gasteiger charge is 2.09. The first-order valence-electron chi connectivity index (χ1n) is 8.40. The lowest BCUT2D eigenvalue weighted by atomic mass is 9.96. The van der Waals surface area contributed by atoms with Crippen molar-refractivity contribution in [3.63, 3.8) is 0 Å². The molecular formula is C19H30O. The Morgan fingerprint density at radius 1 is 0.850 bits per heavy atom. The molecule has 0 heterocycles. The van der Waals surface area contributed by atoms with E-state index in [0.29, 0.717) is 12.2 Å². The van der Waals surface area contributed by atoms with E-state index in [1.807, 2.05) is 12.1 Å². The van der Waals surface area contributed by atoms with Crippen LogP contribution in [0.25, 0.3) is 0 Å². The topological polar surface area (TPSA) is 17.1 Å². The van der Waals surface area contributed by atoms with Crippen molar-refractivity contribution < 1.29 is 4.79 Å². The van der Waals surface area contributed by atoms with Crippen molar-refractivity contribution in [3.8, 4) is 0 Å². The van der Waals surface area contributed by atoms with E-state index < -0.39 is 0 Å². The van der Waals surface area contributed by atoms with Gasteiger partial charge in [-0.15, -0.1) is 0 Å². The third-order valence-corrected chi connectivity index (χ3v) is 3.87. The summed E-state index contributed by atoms with van der Waals surface area (Å²) in [6.07, 6.45) is 11.7. The molecule has 112 valence electrons. The summed E-state index contributed by atoms with van der Waals surface area (Å²) in [5, 5.41) is 0. The maximum atomic E-state index is 12.2. The second kappa shape index (κ2) is 10.7. The molecular weight excluding hydrogens is 244 g/mol. The zero-order chi connectivity index (χ0) is 14.6. The maximum absolute atomic E-state index is 12.2. The molecule has 1 aromatic rings. The highest BCUT2D eigenvalue weighted by Crippen LogP contribution is 2.16. The molecule has 1 heteroatoms. The molecule has 1 aromatic carbocycles. The molecule has 0 aliphatic carbocycles. The Bertz CT molecular complexity index is 381. The number of hydrogen-bond donors (Lipinski definition) is 0. The molecule has 0 aliphatic rings. The number of carbonyl (C=O) groups is 1. The van der Waals surface area contributed by atoms with Crippen molar-refractivity contribution in [2.24, 2.45) is 0 Å². The predicted molar refractivity (Wildman–Crippen MR) is 87.4 cm³/mol. The number of hydrogen-bond acceptors (Lipinski definition) is 1. The molecule has 0 amide bonds. The Labute approximate surface area is 124 Å². The Morgan fingerprint density at radius 3 is 2.25 bits per heavy atom. The Balaban J connectivity index is 2.42. The highest BCUT2D eigenvalue weighted by molar-refractivity contribution is 5.97. The molecule has 0 bridgehead atoms. The van der Waals surface area contributed by atoms with E-state index in [1.54, 1.807) is 0 Å². The van der Waals surface area contributed by atoms with Crippen molar-refractivity contribution in [2.75, 3.05) is 0 Å². The van der Waals surface area contributed by atoms with Crippen LogP contribution in [-0.2, 0) is 6.42 Å². The van der Waals surface area contributed by atoms with Gasteiger partial charge in [-0.3, -0.25) is 4.79 Å². The molecule has 0 fully saturated rings. The van der Waals surface area contributed by atoms with E-state index in [1.165, 1.54) is 44.1 Å². The third kappa shape index (κ3) is 6.36. The summed E-state index contributed by atoms with van der Waals surface area (Å²) in [5.41, 5.74) is 2.22. The van der Waals surface area contributed by atoms with E-state index >= 15 is 0 Å². The Morgan fingerprint density at radius 2 is 1.50 bits per heavy atom. The van der Waals surface area contributed by atoms with Gasteiger partial charge in [0.2, 0.25) is 0 Å². The standard InChI is InChI=1S/C19H30O/c1-3-5-7-8-9-10-13-17-14-11-12-15-18(17)19(20)16-6-4-2/h11-12,14-15H,3-10,13,16H2,1-2H3. The molecule has 0 saturated heterocycles. The summed E-state index contributed by atoms with van der Waals surface area (Å²) < 4.78 is 0. The van der Waals surface area contributed by atoms with Gasteiger partial charge in [0.25, 0.3) is 0 Å². The van der Waals surface area contributed by atoms with Crippen LogP contribution in [0.5, 0.6) is 0 Å². The van der Waals surface area contributed by atoms with Gasteiger partial charge in [0.15, 0.2) is 5.78 Å². The highest BCUT2D eigenvalue weighted by atomic mass is 16.1. The monoisotopic (exact) mass is 274 g/mol.